The lowest BCUT2D eigenvalue weighted by Gasteiger charge is -2.22. The molecule has 0 aromatic heterocycles. The number of hydrogen-bond acceptors (Lipinski definition) is 4. The van der Waals surface area contributed by atoms with E-state index in [1.54, 1.807) is 14.1 Å². The lowest BCUT2D eigenvalue weighted by molar-refractivity contribution is -0.130. The molecule has 1 N–H and O–H groups in total. The molecule has 0 radical (unpaired) electrons. The maximum atomic E-state index is 12.1. The molecular weight excluding hydrogens is 312 g/mol. The van der Waals surface area contributed by atoms with Crippen molar-refractivity contribution >= 4 is 23.6 Å². The van der Waals surface area contributed by atoms with Crippen LogP contribution in [0, 0.1) is 0 Å². The normalized spacial score (nSPS) is 13.1. The van der Waals surface area contributed by atoms with Crippen molar-refractivity contribution in [1.29, 1.82) is 0 Å². The van der Waals surface area contributed by atoms with Crippen molar-refractivity contribution in [3.63, 3.8) is 0 Å². The highest BCUT2D eigenvalue weighted by Crippen LogP contribution is 2.27. The maximum absolute atomic E-state index is 12.1. The number of likely N-dealkylation sites (N-methyl/N-ethyl adjacent to an activating group) is 1. The second-order valence-electron chi connectivity index (χ2n) is 5.46. The molecule has 0 saturated carbocycles. The summed E-state index contributed by atoms with van der Waals surface area (Å²) >= 11 is 1.51. The Hall–Kier alpha value is -1.69. The fourth-order valence-electron chi connectivity index (χ4n) is 1.96. The molecule has 0 fully saturated rings. The van der Waals surface area contributed by atoms with Crippen LogP contribution in [0.4, 0.5) is 0 Å². The van der Waals surface area contributed by atoms with E-state index in [0.717, 1.165) is 12.0 Å². The maximum Gasteiger partial charge on any atom is 0.259 e. The SMILES string of the molecule is CCC(NC(=O)C(C)SC)c1ccccc1OCC(=O)N(C)C. The van der Waals surface area contributed by atoms with Gasteiger partial charge in [-0.1, -0.05) is 25.1 Å². The fourth-order valence-corrected chi connectivity index (χ4v) is 2.25. The van der Waals surface area contributed by atoms with Gasteiger partial charge in [-0.05, 0) is 25.7 Å². The number of para-hydroxylation sites is 1. The van der Waals surface area contributed by atoms with Gasteiger partial charge in [0.1, 0.15) is 5.75 Å². The monoisotopic (exact) mass is 338 g/mol. The third-order valence-electron chi connectivity index (χ3n) is 3.59. The summed E-state index contributed by atoms with van der Waals surface area (Å²) in [5.41, 5.74) is 0.892. The molecule has 0 aliphatic rings. The van der Waals surface area contributed by atoms with Crippen molar-refractivity contribution < 1.29 is 14.3 Å². The summed E-state index contributed by atoms with van der Waals surface area (Å²) < 4.78 is 5.66. The van der Waals surface area contributed by atoms with E-state index >= 15 is 0 Å². The molecule has 0 aliphatic carbocycles. The van der Waals surface area contributed by atoms with Crippen LogP contribution in [-0.2, 0) is 9.59 Å². The average molecular weight is 338 g/mol. The number of amides is 2. The van der Waals surface area contributed by atoms with Crippen LogP contribution in [0.1, 0.15) is 31.9 Å². The number of hydrogen-bond donors (Lipinski definition) is 1. The molecule has 6 heteroatoms. The Labute approximate surface area is 142 Å². The molecule has 1 rings (SSSR count). The van der Waals surface area contributed by atoms with E-state index in [-0.39, 0.29) is 29.7 Å². The standard InChI is InChI=1S/C17H26N2O3S/c1-6-14(18-17(21)12(2)23-5)13-9-7-8-10-15(13)22-11-16(20)19(3)4/h7-10,12,14H,6,11H2,1-5H3,(H,18,21). The third-order valence-corrected chi connectivity index (χ3v) is 4.51. The van der Waals surface area contributed by atoms with Gasteiger partial charge in [-0.15, -0.1) is 0 Å². The van der Waals surface area contributed by atoms with Gasteiger partial charge < -0.3 is 15.0 Å². The summed E-state index contributed by atoms with van der Waals surface area (Å²) in [5, 5.41) is 2.95. The van der Waals surface area contributed by atoms with E-state index in [2.05, 4.69) is 5.32 Å². The summed E-state index contributed by atoms with van der Waals surface area (Å²) in [6, 6.07) is 7.38. The molecule has 0 spiro atoms. The Morgan fingerprint density at radius 2 is 1.96 bits per heavy atom. The summed E-state index contributed by atoms with van der Waals surface area (Å²) in [5.74, 6) is 0.531. The lowest BCUT2D eigenvalue weighted by atomic mass is 10.0. The van der Waals surface area contributed by atoms with Gasteiger partial charge in [-0.2, -0.15) is 11.8 Å². The van der Waals surface area contributed by atoms with E-state index in [1.807, 2.05) is 44.4 Å². The molecule has 2 atom stereocenters. The van der Waals surface area contributed by atoms with Crippen molar-refractivity contribution in [3.05, 3.63) is 29.8 Å². The van der Waals surface area contributed by atoms with Gasteiger partial charge in [0, 0.05) is 19.7 Å². The molecule has 0 saturated heterocycles. The zero-order chi connectivity index (χ0) is 17.4. The Morgan fingerprint density at radius 1 is 1.30 bits per heavy atom. The van der Waals surface area contributed by atoms with E-state index in [0.29, 0.717) is 5.75 Å². The summed E-state index contributed by atoms with van der Waals surface area (Å²) in [7, 11) is 3.38. The topological polar surface area (TPSA) is 58.6 Å². The van der Waals surface area contributed by atoms with Crippen LogP contribution in [0.25, 0.3) is 0 Å². The fraction of sp³-hybridized carbons (Fsp3) is 0.529. The number of benzene rings is 1. The predicted octanol–water partition coefficient (Wildman–Crippen LogP) is 2.47. The summed E-state index contributed by atoms with van der Waals surface area (Å²) in [6.45, 7) is 3.87. The largest absolute Gasteiger partial charge is 0.483 e. The number of carbonyl (C=O) groups is 2. The van der Waals surface area contributed by atoms with E-state index in [4.69, 9.17) is 4.74 Å². The highest BCUT2D eigenvalue weighted by atomic mass is 32.2. The molecule has 1 aromatic rings. The molecule has 0 aliphatic heterocycles. The number of rotatable bonds is 8. The molecule has 1 aromatic carbocycles. The van der Waals surface area contributed by atoms with Crippen LogP contribution in [0.2, 0.25) is 0 Å². The van der Waals surface area contributed by atoms with Crippen molar-refractivity contribution in [3.8, 4) is 5.75 Å². The first-order chi connectivity index (χ1) is 10.9. The zero-order valence-electron chi connectivity index (χ0n) is 14.5. The van der Waals surface area contributed by atoms with Gasteiger partial charge >= 0.3 is 0 Å². The van der Waals surface area contributed by atoms with Gasteiger partial charge in [0.2, 0.25) is 5.91 Å². The van der Waals surface area contributed by atoms with E-state index < -0.39 is 0 Å². The third kappa shape index (κ3) is 5.78. The Bertz CT molecular complexity index is 534. The number of ether oxygens (including phenoxy) is 1. The van der Waals surface area contributed by atoms with E-state index in [9.17, 15) is 9.59 Å². The van der Waals surface area contributed by atoms with Crippen LogP contribution in [0.5, 0.6) is 5.75 Å². The smallest absolute Gasteiger partial charge is 0.259 e. The quantitative estimate of drug-likeness (QED) is 0.791. The Kier molecular flexibility index (Phi) is 7.95. The molecule has 0 heterocycles. The molecule has 0 bridgehead atoms. The van der Waals surface area contributed by atoms with Crippen LogP contribution < -0.4 is 10.1 Å². The number of nitrogens with zero attached hydrogens (tertiary/aromatic N) is 1. The first-order valence-corrected chi connectivity index (χ1v) is 8.94. The van der Waals surface area contributed by atoms with E-state index in [1.165, 1.54) is 16.7 Å². The van der Waals surface area contributed by atoms with Crippen molar-refractivity contribution in [1.82, 2.24) is 10.2 Å². The molecule has 128 valence electrons. The minimum Gasteiger partial charge on any atom is -0.483 e. The van der Waals surface area contributed by atoms with Crippen LogP contribution in [-0.4, -0.2) is 48.9 Å². The van der Waals surface area contributed by atoms with Crippen molar-refractivity contribution in [2.24, 2.45) is 0 Å². The molecule has 23 heavy (non-hydrogen) atoms. The highest BCUT2D eigenvalue weighted by Gasteiger charge is 2.20. The second-order valence-corrected chi connectivity index (χ2v) is 6.64. The molecular formula is C17H26N2O3S. The predicted molar refractivity (Wildman–Crippen MR) is 94.8 cm³/mol. The minimum absolute atomic E-state index is 0.00326. The number of carbonyl (C=O) groups excluding carboxylic acids is 2. The lowest BCUT2D eigenvalue weighted by Crippen LogP contribution is -2.34. The van der Waals surface area contributed by atoms with Crippen molar-refractivity contribution in [2.75, 3.05) is 27.0 Å². The Morgan fingerprint density at radius 3 is 2.52 bits per heavy atom. The van der Waals surface area contributed by atoms with Gasteiger partial charge in [0.25, 0.3) is 5.91 Å². The molecule has 2 unspecified atom stereocenters. The van der Waals surface area contributed by atoms with Crippen molar-refractivity contribution in [2.45, 2.75) is 31.6 Å². The molecule has 5 nitrogen and oxygen atoms in total. The number of nitrogens with one attached hydrogen (secondary N) is 1. The van der Waals surface area contributed by atoms with Gasteiger partial charge in [0.15, 0.2) is 6.61 Å². The van der Waals surface area contributed by atoms with Crippen LogP contribution >= 0.6 is 11.8 Å². The van der Waals surface area contributed by atoms with Gasteiger partial charge in [-0.25, -0.2) is 0 Å². The zero-order valence-corrected chi connectivity index (χ0v) is 15.3. The first kappa shape index (κ1) is 19.4. The minimum atomic E-state index is -0.136. The van der Waals surface area contributed by atoms with Gasteiger partial charge in [-0.3, -0.25) is 9.59 Å². The summed E-state index contributed by atoms with van der Waals surface area (Å²) in [4.78, 5) is 25.3. The average Bonchev–Trinajstić information content (AvgIpc) is 2.56. The van der Waals surface area contributed by atoms with Crippen LogP contribution in [0.15, 0.2) is 24.3 Å². The number of thioether (sulfide) groups is 1. The van der Waals surface area contributed by atoms with Gasteiger partial charge in [0.05, 0.1) is 11.3 Å². The summed E-state index contributed by atoms with van der Waals surface area (Å²) in [6.07, 6.45) is 2.66. The highest BCUT2D eigenvalue weighted by molar-refractivity contribution is 7.99. The van der Waals surface area contributed by atoms with Crippen LogP contribution in [0.3, 0.4) is 0 Å². The first-order valence-electron chi connectivity index (χ1n) is 7.65. The second kappa shape index (κ2) is 9.45. The molecule has 2 amide bonds. The Balaban J connectivity index is 2.88.